The molecule has 14 heavy (non-hydrogen) atoms. The van der Waals surface area contributed by atoms with Gasteiger partial charge in [0, 0.05) is 5.56 Å². The fourth-order valence-corrected chi connectivity index (χ4v) is 0.618. The minimum atomic E-state index is 0. The third kappa shape index (κ3) is 9.42. The Morgan fingerprint density at radius 3 is 1.71 bits per heavy atom. The van der Waals surface area contributed by atoms with Crippen molar-refractivity contribution in [2.45, 2.75) is 0 Å². The van der Waals surface area contributed by atoms with E-state index < -0.39 is 0 Å². The minimum absolute atomic E-state index is 0. The second kappa shape index (κ2) is 8.91. The maximum absolute atomic E-state index is 7.01. The lowest BCUT2D eigenvalue weighted by molar-refractivity contribution is -0.00000329. The van der Waals surface area contributed by atoms with Gasteiger partial charge in [-0.25, -0.2) is 0 Å². The molecule has 0 aliphatic heterocycles. The summed E-state index contributed by atoms with van der Waals surface area (Å²) in [6.45, 7) is 0. The Bertz CT molecular complexity index is 247. The average molecular weight is 233 g/mol. The highest BCUT2D eigenvalue weighted by atomic mass is 35.5. The number of halogens is 1. The van der Waals surface area contributed by atoms with Crippen LogP contribution in [0.1, 0.15) is 5.56 Å². The summed E-state index contributed by atoms with van der Waals surface area (Å²) in [5.41, 5.74) is 5.97. The van der Waals surface area contributed by atoms with Crippen molar-refractivity contribution in [1.29, 1.82) is 5.41 Å². The van der Waals surface area contributed by atoms with Crippen molar-refractivity contribution in [3.05, 3.63) is 35.9 Å². The zero-order chi connectivity index (χ0) is 10.3. The second-order valence-electron chi connectivity index (χ2n) is 3.00. The lowest BCUT2D eigenvalue weighted by atomic mass is 10.2. The van der Waals surface area contributed by atoms with Gasteiger partial charge in [0.2, 0.25) is 0 Å². The van der Waals surface area contributed by atoms with E-state index in [0.717, 1.165) is 5.56 Å². The molecule has 0 spiro atoms. The van der Waals surface area contributed by atoms with Gasteiger partial charge in [-0.05, 0) is 10.9 Å². The van der Waals surface area contributed by atoms with Crippen LogP contribution in [-0.2, 0) is 10.9 Å². The number of hydrogen-bond acceptors (Lipinski definition) is 1. The fraction of sp³-hybridized carbons (Fsp3) is 0.300. The zero-order valence-corrected chi connectivity index (χ0v) is 10.3. The summed E-state index contributed by atoms with van der Waals surface area (Å²) in [6.07, 6.45) is 6.58. The van der Waals surface area contributed by atoms with Gasteiger partial charge in [0.25, 0.3) is 0 Å². The number of benzene rings is 1. The summed E-state index contributed by atoms with van der Waals surface area (Å²) < 4.78 is 0. The summed E-state index contributed by atoms with van der Waals surface area (Å²) in [5, 5.41) is 7.01. The van der Waals surface area contributed by atoms with Crippen LogP contribution in [0.4, 0.5) is 0 Å². The van der Waals surface area contributed by atoms with Gasteiger partial charge in [0.15, 0.2) is 0 Å². The summed E-state index contributed by atoms with van der Waals surface area (Å²) in [5.74, 6) is 0.121. The molecule has 80 valence electrons. The predicted octanol–water partition coefficient (Wildman–Crippen LogP) is -1.53. The molecule has 4 heteroatoms. The van der Waals surface area contributed by atoms with Crippen LogP contribution in [0.5, 0.6) is 0 Å². The molecule has 0 saturated carbocycles. The smallest absolute Gasteiger partial charge is 0.122 e. The highest BCUT2D eigenvalue weighted by molar-refractivity contribution is 7.94. The van der Waals surface area contributed by atoms with Gasteiger partial charge in [0.1, 0.15) is 5.84 Å². The normalized spacial score (nSPS) is 8.29. The maximum Gasteiger partial charge on any atom is 0.122 e. The molecule has 0 unspecified atom stereocenters. The Labute approximate surface area is 95.2 Å². The molecule has 0 fully saturated rings. The van der Waals surface area contributed by atoms with Crippen LogP contribution in [0.2, 0.25) is 0 Å². The molecule has 0 aromatic heterocycles. The molecule has 2 nitrogen and oxygen atoms in total. The molecular weight excluding hydrogens is 216 g/mol. The van der Waals surface area contributed by atoms with Gasteiger partial charge in [0.05, 0.1) is 18.8 Å². The highest BCUT2D eigenvalue weighted by Gasteiger charge is 1.89. The van der Waals surface area contributed by atoms with Crippen LogP contribution in [0.15, 0.2) is 30.3 Å². The zero-order valence-electron chi connectivity index (χ0n) is 8.75. The molecular formula is C10H17ClN2S. The molecule has 0 bridgehead atoms. The van der Waals surface area contributed by atoms with Crippen molar-refractivity contribution >= 4 is 16.7 Å². The van der Waals surface area contributed by atoms with E-state index in [1.165, 1.54) is 0 Å². The molecule has 3 N–H and O–H groups in total. The van der Waals surface area contributed by atoms with E-state index in [-0.39, 0.29) is 18.2 Å². The van der Waals surface area contributed by atoms with Crippen molar-refractivity contribution in [1.82, 2.24) is 0 Å². The van der Waals surface area contributed by atoms with Crippen LogP contribution in [0.25, 0.3) is 0 Å². The van der Waals surface area contributed by atoms with Crippen molar-refractivity contribution in [2.24, 2.45) is 5.73 Å². The van der Waals surface area contributed by atoms with Crippen molar-refractivity contribution in [3.8, 4) is 0 Å². The van der Waals surface area contributed by atoms with Gasteiger partial charge in [-0.2, -0.15) is 0 Å². The third-order valence-electron chi connectivity index (χ3n) is 1.08. The van der Waals surface area contributed by atoms with E-state index in [9.17, 15) is 0 Å². The quantitative estimate of drug-likeness (QED) is 0.345. The molecule has 1 aromatic rings. The largest absolute Gasteiger partial charge is 1.00 e. The lowest BCUT2D eigenvalue weighted by Crippen LogP contribution is -3.00. The standard InChI is InChI=1S/C7H8N2.C3H9S.ClH/c8-7(9)6-4-2-1-3-5-6;1-4(2)3;/h1-5H,(H3,8,9);1-3H3;1H/q;+1;/p-1. The van der Waals surface area contributed by atoms with E-state index in [0.29, 0.717) is 10.9 Å². The molecule has 0 saturated heterocycles. The van der Waals surface area contributed by atoms with Crippen LogP contribution < -0.4 is 18.1 Å². The lowest BCUT2D eigenvalue weighted by Gasteiger charge is -1.93. The van der Waals surface area contributed by atoms with E-state index >= 15 is 0 Å². The Morgan fingerprint density at radius 2 is 1.50 bits per heavy atom. The van der Waals surface area contributed by atoms with E-state index in [2.05, 4.69) is 18.8 Å². The van der Waals surface area contributed by atoms with Gasteiger partial charge in [-0.15, -0.1) is 0 Å². The number of nitrogen functional groups attached to an aromatic ring is 1. The van der Waals surface area contributed by atoms with Crippen LogP contribution in [0, 0.1) is 5.41 Å². The first-order chi connectivity index (χ1) is 6.04. The van der Waals surface area contributed by atoms with E-state index in [1.807, 2.05) is 30.3 Å². The van der Waals surface area contributed by atoms with Crippen molar-refractivity contribution in [3.63, 3.8) is 0 Å². The summed E-state index contributed by atoms with van der Waals surface area (Å²) in [7, 11) is 0.639. The SMILES string of the molecule is C[S+](C)C.N=C(N)c1ccccc1.[Cl-]. The fourth-order valence-electron chi connectivity index (χ4n) is 0.618. The van der Waals surface area contributed by atoms with Crippen molar-refractivity contribution < 1.29 is 12.4 Å². The highest BCUT2D eigenvalue weighted by Crippen LogP contribution is 1.94. The number of rotatable bonds is 1. The van der Waals surface area contributed by atoms with Crippen LogP contribution in [-0.4, -0.2) is 24.6 Å². The molecule has 0 aliphatic rings. The first-order valence-electron chi connectivity index (χ1n) is 3.92. The summed E-state index contributed by atoms with van der Waals surface area (Å²) >= 11 is 0. The Morgan fingerprint density at radius 1 is 1.14 bits per heavy atom. The monoisotopic (exact) mass is 232 g/mol. The number of amidine groups is 1. The maximum atomic E-state index is 7.01. The summed E-state index contributed by atoms with van der Waals surface area (Å²) in [4.78, 5) is 0. The van der Waals surface area contributed by atoms with Gasteiger partial charge < -0.3 is 18.1 Å². The Kier molecular flexibility index (Phi) is 10.0. The minimum Gasteiger partial charge on any atom is -1.00 e. The molecule has 0 aliphatic carbocycles. The molecule has 0 radical (unpaired) electrons. The third-order valence-corrected chi connectivity index (χ3v) is 1.08. The molecule has 0 amide bonds. The molecule has 1 rings (SSSR count). The Balaban J connectivity index is 0. The van der Waals surface area contributed by atoms with Crippen LogP contribution >= 0.6 is 0 Å². The molecule has 0 atom stereocenters. The van der Waals surface area contributed by atoms with Gasteiger partial charge in [-0.3, -0.25) is 5.41 Å². The number of nitrogens with one attached hydrogen (secondary N) is 1. The van der Waals surface area contributed by atoms with Gasteiger partial charge in [-0.1, -0.05) is 30.3 Å². The van der Waals surface area contributed by atoms with Crippen LogP contribution in [0.3, 0.4) is 0 Å². The second-order valence-corrected chi connectivity index (χ2v) is 5.45. The first kappa shape index (κ1) is 15.8. The average Bonchev–Trinajstić information content (AvgIpc) is 2.05. The molecule has 1 aromatic carbocycles. The van der Waals surface area contributed by atoms with Gasteiger partial charge >= 0.3 is 0 Å². The predicted molar refractivity (Wildman–Crippen MR) is 62.6 cm³/mol. The van der Waals surface area contributed by atoms with E-state index in [4.69, 9.17) is 11.1 Å². The Hall–Kier alpha value is -0.670. The first-order valence-corrected chi connectivity index (χ1v) is 6.37. The number of hydrogen-bond donors (Lipinski definition) is 2. The molecule has 0 heterocycles. The van der Waals surface area contributed by atoms with Crippen molar-refractivity contribution in [2.75, 3.05) is 18.8 Å². The summed E-state index contributed by atoms with van der Waals surface area (Å²) in [6, 6.07) is 9.23. The van der Waals surface area contributed by atoms with E-state index in [1.54, 1.807) is 0 Å². The number of nitrogens with two attached hydrogens (primary N) is 1. The topological polar surface area (TPSA) is 49.9 Å².